The van der Waals surface area contributed by atoms with Gasteiger partial charge in [0.05, 0.1) is 27.0 Å². The van der Waals surface area contributed by atoms with Crippen molar-refractivity contribution in [3.05, 3.63) is 46.7 Å². The zero-order chi connectivity index (χ0) is 14.1. The highest BCUT2D eigenvalue weighted by atomic mass is 32.1. The van der Waals surface area contributed by atoms with Crippen LogP contribution in [0.15, 0.2) is 30.5 Å². The van der Waals surface area contributed by atoms with E-state index in [1.165, 1.54) is 0 Å². The maximum absolute atomic E-state index is 10.4. The SMILES string of the molecule is CCc1nn(C)cc1C(O)Cc1nc2ccccc2s1. The first-order chi connectivity index (χ1) is 9.67. The minimum Gasteiger partial charge on any atom is -0.388 e. The van der Waals surface area contributed by atoms with Gasteiger partial charge >= 0.3 is 0 Å². The lowest BCUT2D eigenvalue weighted by Gasteiger charge is -2.07. The van der Waals surface area contributed by atoms with Crippen molar-refractivity contribution in [3.63, 3.8) is 0 Å². The molecule has 1 N–H and O–H groups in total. The Morgan fingerprint density at radius 1 is 1.35 bits per heavy atom. The number of rotatable bonds is 4. The molecule has 0 radical (unpaired) electrons. The van der Waals surface area contributed by atoms with E-state index in [0.717, 1.165) is 32.9 Å². The molecule has 0 saturated carbocycles. The molecule has 0 aliphatic heterocycles. The molecule has 3 rings (SSSR count). The summed E-state index contributed by atoms with van der Waals surface area (Å²) in [5.41, 5.74) is 2.87. The average molecular weight is 287 g/mol. The number of aryl methyl sites for hydroxylation is 2. The largest absolute Gasteiger partial charge is 0.388 e. The first kappa shape index (κ1) is 13.3. The van der Waals surface area contributed by atoms with Crippen LogP contribution in [-0.2, 0) is 19.9 Å². The van der Waals surface area contributed by atoms with Gasteiger partial charge in [0.1, 0.15) is 0 Å². The van der Waals surface area contributed by atoms with Gasteiger partial charge < -0.3 is 5.11 Å². The Morgan fingerprint density at radius 3 is 2.90 bits per heavy atom. The van der Waals surface area contributed by atoms with Gasteiger partial charge in [-0.05, 0) is 18.6 Å². The molecule has 5 heteroatoms. The van der Waals surface area contributed by atoms with Crippen molar-refractivity contribution in [2.24, 2.45) is 7.05 Å². The Kier molecular flexibility index (Phi) is 3.54. The highest BCUT2D eigenvalue weighted by Gasteiger charge is 2.17. The van der Waals surface area contributed by atoms with Gasteiger partial charge in [-0.3, -0.25) is 4.68 Å². The summed E-state index contributed by atoms with van der Waals surface area (Å²) >= 11 is 1.64. The van der Waals surface area contributed by atoms with Gasteiger partial charge in [0.2, 0.25) is 0 Å². The predicted molar refractivity (Wildman–Crippen MR) is 80.9 cm³/mol. The molecule has 104 valence electrons. The average Bonchev–Trinajstić information content (AvgIpc) is 3.00. The van der Waals surface area contributed by atoms with Crippen LogP contribution in [-0.4, -0.2) is 19.9 Å². The molecule has 0 bridgehead atoms. The molecule has 2 heterocycles. The first-order valence-electron chi connectivity index (χ1n) is 6.72. The van der Waals surface area contributed by atoms with Crippen LogP contribution in [0.5, 0.6) is 0 Å². The highest BCUT2D eigenvalue weighted by molar-refractivity contribution is 7.18. The smallest absolute Gasteiger partial charge is 0.0967 e. The maximum Gasteiger partial charge on any atom is 0.0967 e. The number of para-hydroxylation sites is 1. The number of benzene rings is 1. The van der Waals surface area contributed by atoms with Crippen molar-refractivity contribution >= 4 is 21.6 Å². The highest BCUT2D eigenvalue weighted by Crippen LogP contribution is 2.27. The van der Waals surface area contributed by atoms with Gasteiger partial charge in [0, 0.05) is 25.2 Å². The Balaban J connectivity index is 1.86. The van der Waals surface area contributed by atoms with E-state index in [1.807, 2.05) is 31.4 Å². The molecule has 1 unspecified atom stereocenters. The molecule has 20 heavy (non-hydrogen) atoms. The van der Waals surface area contributed by atoms with Crippen LogP contribution in [0, 0.1) is 0 Å². The fourth-order valence-electron chi connectivity index (χ4n) is 2.39. The summed E-state index contributed by atoms with van der Waals surface area (Å²) < 4.78 is 2.92. The van der Waals surface area contributed by atoms with Crippen LogP contribution in [0.1, 0.15) is 29.3 Å². The molecule has 0 amide bonds. The summed E-state index contributed by atoms with van der Waals surface area (Å²) in [7, 11) is 1.88. The lowest BCUT2D eigenvalue weighted by Crippen LogP contribution is -2.03. The molecule has 0 saturated heterocycles. The standard InChI is InChI=1S/C15H17N3OS/c1-3-11-10(9-18(2)17-11)13(19)8-15-16-12-6-4-5-7-14(12)20-15/h4-7,9,13,19H,3,8H2,1-2H3. The predicted octanol–water partition coefficient (Wildman–Crippen LogP) is 2.87. The Hall–Kier alpha value is -1.72. The second-order valence-electron chi connectivity index (χ2n) is 4.85. The molecule has 0 spiro atoms. The first-order valence-corrected chi connectivity index (χ1v) is 7.54. The van der Waals surface area contributed by atoms with Crippen LogP contribution in [0.25, 0.3) is 10.2 Å². The number of aromatic nitrogens is 3. The molecule has 1 aromatic carbocycles. The Bertz CT molecular complexity index is 699. The number of thiazole rings is 1. The van der Waals surface area contributed by atoms with Gasteiger partial charge in [-0.25, -0.2) is 4.98 Å². The van der Waals surface area contributed by atoms with E-state index in [9.17, 15) is 5.11 Å². The van der Waals surface area contributed by atoms with Crippen LogP contribution in [0.2, 0.25) is 0 Å². The molecule has 0 aliphatic carbocycles. The van der Waals surface area contributed by atoms with E-state index in [1.54, 1.807) is 16.0 Å². The van der Waals surface area contributed by atoms with Gasteiger partial charge in [0.25, 0.3) is 0 Å². The Morgan fingerprint density at radius 2 is 2.15 bits per heavy atom. The third-order valence-electron chi connectivity index (χ3n) is 3.34. The summed E-state index contributed by atoms with van der Waals surface area (Å²) in [6.07, 6.45) is 2.72. The molecule has 0 aliphatic rings. The molecule has 2 aromatic heterocycles. The van der Waals surface area contributed by atoms with E-state index in [4.69, 9.17) is 0 Å². The summed E-state index contributed by atoms with van der Waals surface area (Å²) in [4.78, 5) is 4.57. The number of hydrogen-bond donors (Lipinski definition) is 1. The fourth-order valence-corrected chi connectivity index (χ4v) is 3.39. The van der Waals surface area contributed by atoms with Crippen molar-refractivity contribution in [1.82, 2.24) is 14.8 Å². The Labute approximate surface area is 121 Å². The van der Waals surface area contributed by atoms with Gasteiger partial charge in [0.15, 0.2) is 0 Å². The quantitative estimate of drug-likeness (QED) is 0.802. The number of nitrogens with zero attached hydrogens (tertiary/aromatic N) is 3. The van der Waals surface area contributed by atoms with Crippen molar-refractivity contribution in [3.8, 4) is 0 Å². The molecule has 1 atom stereocenters. The van der Waals surface area contributed by atoms with Crippen LogP contribution < -0.4 is 0 Å². The summed E-state index contributed by atoms with van der Waals surface area (Å²) in [5.74, 6) is 0. The molecule has 0 fully saturated rings. The number of fused-ring (bicyclic) bond motifs is 1. The third-order valence-corrected chi connectivity index (χ3v) is 4.40. The second kappa shape index (κ2) is 5.34. The summed E-state index contributed by atoms with van der Waals surface area (Å²) in [5, 5.41) is 15.8. The molecule has 3 aromatic rings. The zero-order valence-corrected chi connectivity index (χ0v) is 12.4. The fraction of sp³-hybridized carbons (Fsp3) is 0.333. The summed E-state index contributed by atoms with van der Waals surface area (Å²) in [6, 6.07) is 8.06. The minimum absolute atomic E-state index is 0.540. The van der Waals surface area contributed by atoms with Gasteiger partial charge in [-0.15, -0.1) is 11.3 Å². The number of hydrogen-bond acceptors (Lipinski definition) is 4. The van der Waals surface area contributed by atoms with Crippen LogP contribution in [0.4, 0.5) is 0 Å². The van der Waals surface area contributed by atoms with E-state index in [0.29, 0.717) is 6.42 Å². The molecular weight excluding hydrogens is 270 g/mol. The van der Waals surface area contributed by atoms with Crippen molar-refractivity contribution in [2.45, 2.75) is 25.9 Å². The van der Waals surface area contributed by atoms with Gasteiger partial charge in [-0.2, -0.15) is 5.10 Å². The zero-order valence-electron chi connectivity index (χ0n) is 11.6. The van der Waals surface area contributed by atoms with Crippen molar-refractivity contribution in [2.75, 3.05) is 0 Å². The van der Waals surface area contributed by atoms with E-state index in [2.05, 4.69) is 23.1 Å². The molecule has 4 nitrogen and oxygen atoms in total. The van der Waals surface area contributed by atoms with E-state index >= 15 is 0 Å². The van der Waals surface area contributed by atoms with E-state index in [-0.39, 0.29) is 0 Å². The van der Waals surface area contributed by atoms with Gasteiger partial charge in [-0.1, -0.05) is 19.1 Å². The second-order valence-corrected chi connectivity index (χ2v) is 5.97. The lowest BCUT2D eigenvalue weighted by atomic mass is 10.1. The summed E-state index contributed by atoms with van der Waals surface area (Å²) in [6.45, 7) is 2.05. The van der Waals surface area contributed by atoms with Crippen LogP contribution in [0.3, 0.4) is 0 Å². The molecular formula is C15H17N3OS. The number of aliphatic hydroxyl groups is 1. The monoisotopic (exact) mass is 287 g/mol. The van der Waals surface area contributed by atoms with E-state index < -0.39 is 6.10 Å². The normalized spacial score (nSPS) is 12.9. The van der Waals surface area contributed by atoms with Crippen molar-refractivity contribution in [1.29, 1.82) is 0 Å². The maximum atomic E-state index is 10.4. The van der Waals surface area contributed by atoms with Crippen LogP contribution >= 0.6 is 11.3 Å². The lowest BCUT2D eigenvalue weighted by molar-refractivity contribution is 0.177. The number of aliphatic hydroxyl groups excluding tert-OH is 1. The topological polar surface area (TPSA) is 50.9 Å². The third kappa shape index (κ3) is 2.46. The van der Waals surface area contributed by atoms with Crippen molar-refractivity contribution < 1.29 is 5.11 Å². The minimum atomic E-state index is -0.542.